The second kappa shape index (κ2) is 31.9. The van der Waals surface area contributed by atoms with Gasteiger partial charge < -0.3 is 60.3 Å². The summed E-state index contributed by atoms with van der Waals surface area (Å²) >= 11 is 0. The zero-order chi connectivity index (χ0) is 36.4. The van der Waals surface area contributed by atoms with Gasteiger partial charge in [0.1, 0.15) is 19.8 Å². The van der Waals surface area contributed by atoms with Crippen molar-refractivity contribution in [2.75, 3.05) is 98.7 Å². The molecule has 0 heterocycles. The van der Waals surface area contributed by atoms with Crippen LogP contribution < -0.4 is 31.9 Å². The number of carbonyl (C=O) groups excluding carboxylic acids is 6. The average Bonchev–Trinajstić information content (AvgIpc) is 3.10. The fourth-order valence-electron chi connectivity index (χ4n) is 3.51. The van der Waals surface area contributed by atoms with Crippen LogP contribution in [0.15, 0.2) is 38.0 Å². The standard InChI is InChI=1S/C31H52N6O12/c1-4-26(38)47-22-13-35-29(41)32-10-19-44-16-7-25(8-17-45-20-11-33-30(42)36-14-23-48-27(39)5-2)9-18-46-21-12-34-31(43)37-15-24-49-28(40)6-3/h4-6,25H,1-3,7-24H2,(H2,32,35,41)(H2,33,36,42)(H2,34,37,43). The first-order valence-electron chi connectivity index (χ1n) is 15.9. The lowest BCUT2D eigenvalue weighted by Crippen LogP contribution is -2.39. The monoisotopic (exact) mass is 700 g/mol. The molecule has 0 atom stereocenters. The maximum absolute atomic E-state index is 11.8. The Morgan fingerprint density at radius 2 is 0.653 bits per heavy atom. The highest BCUT2D eigenvalue weighted by Gasteiger charge is 2.10. The third-order valence-electron chi connectivity index (χ3n) is 6.00. The van der Waals surface area contributed by atoms with Gasteiger partial charge in [-0.1, -0.05) is 19.7 Å². The van der Waals surface area contributed by atoms with Crippen LogP contribution in [0.5, 0.6) is 0 Å². The molecule has 6 amide bonds. The van der Waals surface area contributed by atoms with Crippen LogP contribution in [0.3, 0.4) is 0 Å². The Morgan fingerprint density at radius 3 is 0.898 bits per heavy atom. The largest absolute Gasteiger partial charge is 0.461 e. The van der Waals surface area contributed by atoms with Gasteiger partial charge in [-0.15, -0.1) is 0 Å². The topological polar surface area (TPSA) is 230 Å². The molecule has 0 rings (SSSR count). The Labute approximate surface area is 287 Å². The van der Waals surface area contributed by atoms with Crippen LogP contribution in [0.1, 0.15) is 19.3 Å². The van der Waals surface area contributed by atoms with Gasteiger partial charge in [-0.3, -0.25) is 0 Å². The Balaban J connectivity index is 4.29. The lowest BCUT2D eigenvalue weighted by Gasteiger charge is -2.18. The molecule has 0 unspecified atom stereocenters. The lowest BCUT2D eigenvalue weighted by molar-refractivity contribution is -0.138. The van der Waals surface area contributed by atoms with Crippen molar-refractivity contribution in [1.82, 2.24) is 31.9 Å². The van der Waals surface area contributed by atoms with Gasteiger partial charge in [0.25, 0.3) is 0 Å². The van der Waals surface area contributed by atoms with Crippen LogP contribution in [0.4, 0.5) is 14.4 Å². The van der Waals surface area contributed by atoms with Crippen molar-refractivity contribution in [2.24, 2.45) is 5.92 Å². The molecule has 0 saturated carbocycles. The molecule has 0 bridgehead atoms. The van der Waals surface area contributed by atoms with Crippen LogP contribution in [-0.2, 0) is 42.8 Å². The molecule has 18 heteroatoms. The van der Waals surface area contributed by atoms with Crippen molar-refractivity contribution >= 4 is 36.0 Å². The zero-order valence-corrected chi connectivity index (χ0v) is 28.1. The summed E-state index contributed by atoms with van der Waals surface area (Å²) in [5.41, 5.74) is 0. The molecular weight excluding hydrogens is 648 g/mol. The van der Waals surface area contributed by atoms with Crippen molar-refractivity contribution in [3.8, 4) is 0 Å². The number of urea groups is 3. The van der Waals surface area contributed by atoms with E-state index in [2.05, 4.69) is 51.6 Å². The van der Waals surface area contributed by atoms with E-state index in [0.717, 1.165) is 18.2 Å². The van der Waals surface area contributed by atoms with E-state index in [9.17, 15) is 28.8 Å². The Morgan fingerprint density at radius 1 is 0.408 bits per heavy atom. The van der Waals surface area contributed by atoms with Gasteiger partial charge in [0.2, 0.25) is 0 Å². The van der Waals surface area contributed by atoms with E-state index in [1.807, 2.05) is 0 Å². The summed E-state index contributed by atoms with van der Waals surface area (Å²) in [4.78, 5) is 68.3. The first kappa shape index (κ1) is 44.3. The molecule has 278 valence electrons. The van der Waals surface area contributed by atoms with E-state index in [4.69, 9.17) is 28.4 Å². The summed E-state index contributed by atoms with van der Waals surface area (Å²) < 4.78 is 31.3. The van der Waals surface area contributed by atoms with Crippen LogP contribution in [0, 0.1) is 5.92 Å². The van der Waals surface area contributed by atoms with Crippen molar-refractivity contribution < 1.29 is 57.2 Å². The predicted molar refractivity (Wildman–Crippen MR) is 177 cm³/mol. The minimum Gasteiger partial charge on any atom is -0.461 e. The van der Waals surface area contributed by atoms with Gasteiger partial charge >= 0.3 is 36.0 Å². The van der Waals surface area contributed by atoms with Gasteiger partial charge in [0, 0.05) is 57.7 Å². The highest BCUT2D eigenvalue weighted by molar-refractivity contribution is 5.82. The molecule has 6 N–H and O–H groups in total. The van der Waals surface area contributed by atoms with Gasteiger partial charge in [-0.05, 0) is 25.2 Å². The molecule has 0 saturated heterocycles. The molecule has 0 aliphatic rings. The SMILES string of the molecule is C=CC(=O)OCCNC(=O)NCCOCCC(CCOCCNC(=O)NCCOC(=O)C=C)CCOCCNC(=O)NCCOC(=O)C=C. The van der Waals surface area contributed by atoms with E-state index in [1.54, 1.807) is 0 Å². The molecule has 0 aliphatic heterocycles. The minimum absolute atomic E-state index is 0.0362. The fourth-order valence-corrected chi connectivity index (χ4v) is 3.51. The maximum atomic E-state index is 11.8. The summed E-state index contributed by atoms with van der Waals surface area (Å²) in [5, 5.41) is 15.6. The van der Waals surface area contributed by atoms with Gasteiger partial charge in [-0.25, -0.2) is 28.8 Å². The molecule has 18 nitrogen and oxygen atoms in total. The number of carbonyl (C=O) groups is 6. The molecule has 0 aromatic carbocycles. The van der Waals surface area contributed by atoms with Crippen LogP contribution in [-0.4, -0.2) is 135 Å². The molecular formula is C31H52N6O12. The van der Waals surface area contributed by atoms with E-state index < -0.39 is 36.0 Å². The molecule has 0 fully saturated rings. The number of nitrogens with one attached hydrogen (secondary N) is 6. The normalized spacial score (nSPS) is 10.2. The minimum atomic E-state index is -0.563. The number of hydrogen-bond donors (Lipinski definition) is 6. The Bertz CT molecular complexity index is 890. The zero-order valence-electron chi connectivity index (χ0n) is 28.1. The number of amides is 6. The van der Waals surface area contributed by atoms with Crippen molar-refractivity contribution in [3.05, 3.63) is 38.0 Å². The molecule has 0 radical (unpaired) electrons. The van der Waals surface area contributed by atoms with Gasteiger partial charge in [-0.2, -0.15) is 0 Å². The number of rotatable bonds is 30. The van der Waals surface area contributed by atoms with Gasteiger partial charge in [0.05, 0.1) is 39.5 Å². The fraction of sp³-hybridized carbons (Fsp3) is 0.613. The molecule has 49 heavy (non-hydrogen) atoms. The van der Waals surface area contributed by atoms with E-state index in [1.165, 1.54) is 0 Å². The van der Waals surface area contributed by atoms with Crippen LogP contribution in [0.2, 0.25) is 0 Å². The molecule has 0 spiro atoms. The molecule has 0 aromatic heterocycles. The van der Waals surface area contributed by atoms with Crippen LogP contribution in [0.25, 0.3) is 0 Å². The predicted octanol–water partition coefficient (Wildman–Crippen LogP) is -0.0921. The van der Waals surface area contributed by atoms with Gasteiger partial charge in [0.15, 0.2) is 0 Å². The third-order valence-corrected chi connectivity index (χ3v) is 6.00. The molecule has 0 aliphatic carbocycles. The second-order valence-electron chi connectivity index (χ2n) is 9.73. The van der Waals surface area contributed by atoms with Crippen molar-refractivity contribution in [1.29, 1.82) is 0 Å². The van der Waals surface area contributed by atoms with Crippen LogP contribution >= 0.6 is 0 Å². The highest BCUT2D eigenvalue weighted by Crippen LogP contribution is 2.14. The number of esters is 3. The third kappa shape index (κ3) is 30.4. The van der Waals surface area contributed by atoms with Crippen molar-refractivity contribution in [2.45, 2.75) is 19.3 Å². The summed E-state index contributed by atoms with van der Waals surface area (Å²) in [5.74, 6) is -1.50. The van der Waals surface area contributed by atoms with Crippen molar-refractivity contribution in [3.63, 3.8) is 0 Å². The van der Waals surface area contributed by atoms with E-state index in [-0.39, 0.29) is 65.0 Å². The maximum Gasteiger partial charge on any atom is 0.330 e. The van der Waals surface area contributed by atoms with E-state index in [0.29, 0.717) is 58.9 Å². The first-order valence-corrected chi connectivity index (χ1v) is 15.9. The smallest absolute Gasteiger partial charge is 0.330 e. The van der Waals surface area contributed by atoms with E-state index >= 15 is 0 Å². The lowest BCUT2D eigenvalue weighted by atomic mass is 9.99. The number of ether oxygens (including phenoxy) is 6. The Hall–Kier alpha value is -4.68. The summed E-state index contributed by atoms with van der Waals surface area (Å²) in [6.07, 6.45) is 5.26. The second-order valence-corrected chi connectivity index (χ2v) is 9.73. The summed E-state index contributed by atoms with van der Waals surface area (Å²) in [6.45, 7) is 13.5. The summed E-state index contributed by atoms with van der Waals surface area (Å²) in [6, 6.07) is -1.23. The quantitative estimate of drug-likeness (QED) is 0.0250. The average molecular weight is 701 g/mol. The summed E-state index contributed by atoms with van der Waals surface area (Å²) in [7, 11) is 0. The first-order chi connectivity index (χ1) is 23.7. The highest BCUT2D eigenvalue weighted by atomic mass is 16.5. The number of hydrogen-bond acceptors (Lipinski definition) is 12. The Kier molecular flexibility index (Phi) is 28.8. The molecule has 0 aromatic rings.